The van der Waals surface area contributed by atoms with E-state index in [-0.39, 0.29) is 0 Å². The Bertz CT molecular complexity index is 334. The minimum Gasteiger partial charge on any atom is -0.313 e. The second-order valence-corrected chi connectivity index (χ2v) is 6.10. The molecule has 2 unspecified atom stereocenters. The molecule has 1 N–H and O–H groups in total. The minimum atomic E-state index is 0.433. The van der Waals surface area contributed by atoms with E-state index < -0.39 is 0 Å². The molecule has 108 valence electrons. The van der Waals surface area contributed by atoms with Gasteiger partial charge < -0.3 is 10.2 Å². The van der Waals surface area contributed by atoms with Crippen molar-refractivity contribution in [1.29, 1.82) is 0 Å². The molecule has 2 nitrogen and oxygen atoms in total. The van der Waals surface area contributed by atoms with Crippen LogP contribution in [0.4, 0.5) is 0 Å². The normalized spacial score (nSPS) is 14.9. The Kier molecular flexibility index (Phi) is 7.11. The fraction of sp³-hybridized carbons (Fsp3) is 0.647. The lowest BCUT2D eigenvalue weighted by molar-refractivity contribution is 0.241. The average Bonchev–Trinajstić information content (AvgIpc) is 2.38. The van der Waals surface area contributed by atoms with Crippen molar-refractivity contribution in [2.45, 2.75) is 33.2 Å². The lowest BCUT2D eigenvalue weighted by Gasteiger charge is -2.28. The Morgan fingerprint density at radius 2 is 1.74 bits per heavy atom. The first-order chi connectivity index (χ1) is 9.04. The van der Waals surface area contributed by atoms with Crippen molar-refractivity contribution < 1.29 is 0 Å². The summed E-state index contributed by atoms with van der Waals surface area (Å²) in [6, 6.07) is 11.2. The van der Waals surface area contributed by atoms with Crippen LogP contribution in [0.1, 0.15) is 38.8 Å². The van der Waals surface area contributed by atoms with Crippen LogP contribution in [0.2, 0.25) is 0 Å². The van der Waals surface area contributed by atoms with Crippen molar-refractivity contribution in [2.75, 3.05) is 27.2 Å². The maximum Gasteiger partial charge on any atom is 0.0355 e. The van der Waals surface area contributed by atoms with E-state index in [4.69, 9.17) is 0 Å². The van der Waals surface area contributed by atoms with Crippen molar-refractivity contribution in [3.63, 3.8) is 0 Å². The number of benzene rings is 1. The molecule has 1 rings (SSSR count). The molecule has 0 amide bonds. The SMILES string of the molecule is CNC(c1ccccc1)C(C)CN(C)CCC(C)C. The highest BCUT2D eigenvalue weighted by molar-refractivity contribution is 5.19. The second-order valence-electron chi connectivity index (χ2n) is 6.10. The summed E-state index contributed by atoms with van der Waals surface area (Å²) in [5.41, 5.74) is 1.38. The summed E-state index contributed by atoms with van der Waals surface area (Å²) in [5, 5.41) is 3.46. The van der Waals surface area contributed by atoms with E-state index in [1.165, 1.54) is 18.5 Å². The first-order valence-corrected chi connectivity index (χ1v) is 7.45. The van der Waals surface area contributed by atoms with Gasteiger partial charge >= 0.3 is 0 Å². The van der Waals surface area contributed by atoms with E-state index in [0.717, 1.165) is 12.5 Å². The highest BCUT2D eigenvalue weighted by atomic mass is 15.1. The molecule has 1 aromatic carbocycles. The maximum absolute atomic E-state index is 3.46. The Labute approximate surface area is 119 Å². The molecule has 0 bridgehead atoms. The van der Waals surface area contributed by atoms with Gasteiger partial charge in [0.05, 0.1) is 0 Å². The van der Waals surface area contributed by atoms with Gasteiger partial charge in [-0.15, -0.1) is 0 Å². The van der Waals surface area contributed by atoms with Gasteiger partial charge in [0.1, 0.15) is 0 Å². The third kappa shape index (κ3) is 5.75. The molecule has 0 radical (unpaired) electrons. The van der Waals surface area contributed by atoms with E-state index in [0.29, 0.717) is 12.0 Å². The van der Waals surface area contributed by atoms with Gasteiger partial charge in [0.2, 0.25) is 0 Å². The first-order valence-electron chi connectivity index (χ1n) is 7.45. The van der Waals surface area contributed by atoms with Crippen molar-refractivity contribution in [3.05, 3.63) is 35.9 Å². The van der Waals surface area contributed by atoms with Gasteiger partial charge in [0, 0.05) is 12.6 Å². The summed E-state index contributed by atoms with van der Waals surface area (Å²) in [5.74, 6) is 1.39. The topological polar surface area (TPSA) is 15.3 Å². The molecule has 0 fully saturated rings. The van der Waals surface area contributed by atoms with Crippen LogP contribution in [0, 0.1) is 11.8 Å². The molecule has 2 atom stereocenters. The summed E-state index contributed by atoms with van der Waals surface area (Å²) in [7, 11) is 4.29. The van der Waals surface area contributed by atoms with E-state index in [2.05, 4.69) is 75.4 Å². The lowest BCUT2D eigenvalue weighted by Crippen LogP contribution is -2.33. The largest absolute Gasteiger partial charge is 0.313 e. The molecule has 0 heterocycles. The number of hydrogen-bond acceptors (Lipinski definition) is 2. The Morgan fingerprint density at radius 3 is 2.26 bits per heavy atom. The summed E-state index contributed by atoms with van der Waals surface area (Å²) in [6.07, 6.45) is 1.28. The van der Waals surface area contributed by atoms with Crippen molar-refractivity contribution >= 4 is 0 Å². The maximum atomic E-state index is 3.46. The average molecular weight is 262 g/mol. The van der Waals surface area contributed by atoms with Crippen LogP contribution in [0.15, 0.2) is 30.3 Å². The molecule has 0 saturated heterocycles. The van der Waals surface area contributed by atoms with Crippen LogP contribution in [-0.4, -0.2) is 32.1 Å². The smallest absolute Gasteiger partial charge is 0.0355 e. The van der Waals surface area contributed by atoms with Crippen LogP contribution in [0.5, 0.6) is 0 Å². The summed E-state index contributed by atoms with van der Waals surface area (Å²) < 4.78 is 0. The van der Waals surface area contributed by atoms with Crippen LogP contribution in [0.3, 0.4) is 0 Å². The zero-order valence-electron chi connectivity index (χ0n) is 13.2. The fourth-order valence-electron chi connectivity index (χ4n) is 2.61. The van der Waals surface area contributed by atoms with Crippen LogP contribution >= 0.6 is 0 Å². The van der Waals surface area contributed by atoms with Crippen molar-refractivity contribution in [2.24, 2.45) is 11.8 Å². The van der Waals surface area contributed by atoms with E-state index in [1.807, 2.05) is 0 Å². The molecule has 0 aromatic heterocycles. The highest BCUT2D eigenvalue weighted by Gasteiger charge is 2.18. The van der Waals surface area contributed by atoms with Crippen molar-refractivity contribution in [3.8, 4) is 0 Å². The first kappa shape index (κ1) is 16.2. The molecule has 2 heteroatoms. The number of nitrogens with zero attached hydrogens (tertiary/aromatic N) is 1. The molecule has 0 aliphatic carbocycles. The Morgan fingerprint density at radius 1 is 1.11 bits per heavy atom. The monoisotopic (exact) mass is 262 g/mol. The van der Waals surface area contributed by atoms with E-state index >= 15 is 0 Å². The molecule has 19 heavy (non-hydrogen) atoms. The number of rotatable bonds is 8. The second kappa shape index (κ2) is 8.34. The fourth-order valence-corrected chi connectivity index (χ4v) is 2.61. The number of nitrogens with one attached hydrogen (secondary N) is 1. The number of hydrogen-bond donors (Lipinski definition) is 1. The minimum absolute atomic E-state index is 0.433. The van der Waals surface area contributed by atoms with Gasteiger partial charge in [-0.2, -0.15) is 0 Å². The summed E-state index contributed by atoms with van der Waals surface area (Å²) in [4.78, 5) is 2.46. The van der Waals surface area contributed by atoms with Gasteiger partial charge in [-0.25, -0.2) is 0 Å². The Balaban J connectivity index is 2.52. The van der Waals surface area contributed by atoms with E-state index in [9.17, 15) is 0 Å². The third-order valence-electron chi connectivity index (χ3n) is 3.73. The van der Waals surface area contributed by atoms with E-state index in [1.54, 1.807) is 0 Å². The summed E-state index contributed by atoms with van der Waals surface area (Å²) >= 11 is 0. The Hall–Kier alpha value is -0.860. The van der Waals surface area contributed by atoms with Gasteiger partial charge in [0.15, 0.2) is 0 Å². The molecule has 0 spiro atoms. The third-order valence-corrected chi connectivity index (χ3v) is 3.73. The quantitative estimate of drug-likeness (QED) is 0.770. The summed E-state index contributed by atoms with van der Waals surface area (Å²) in [6.45, 7) is 9.23. The zero-order chi connectivity index (χ0) is 14.3. The van der Waals surface area contributed by atoms with Crippen LogP contribution in [-0.2, 0) is 0 Å². The highest BCUT2D eigenvalue weighted by Crippen LogP contribution is 2.22. The molecule has 0 aliphatic rings. The lowest BCUT2D eigenvalue weighted by atomic mass is 9.94. The predicted molar refractivity (Wildman–Crippen MR) is 84.4 cm³/mol. The molecular weight excluding hydrogens is 232 g/mol. The van der Waals surface area contributed by atoms with Gasteiger partial charge in [0.25, 0.3) is 0 Å². The van der Waals surface area contributed by atoms with Gasteiger partial charge in [-0.1, -0.05) is 51.1 Å². The zero-order valence-corrected chi connectivity index (χ0v) is 13.2. The molecule has 1 aromatic rings. The van der Waals surface area contributed by atoms with Gasteiger partial charge in [-0.3, -0.25) is 0 Å². The predicted octanol–water partition coefficient (Wildman–Crippen LogP) is 3.56. The van der Waals surface area contributed by atoms with Crippen molar-refractivity contribution in [1.82, 2.24) is 10.2 Å². The van der Waals surface area contributed by atoms with Crippen LogP contribution < -0.4 is 5.32 Å². The standard InChI is InChI=1S/C17H30N2/c1-14(2)11-12-19(5)13-15(3)17(18-4)16-9-7-6-8-10-16/h6-10,14-15,17-18H,11-13H2,1-5H3. The van der Waals surface area contributed by atoms with Crippen LogP contribution in [0.25, 0.3) is 0 Å². The molecular formula is C17H30N2. The van der Waals surface area contributed by atoms with Gasteiger partial charge in [-0.05, 0) is 44.5 Å². The molecule has 0 aliphatic heterocycles. The molecule has 0 saturated carbocycles.